The minimum atomic E-state index is -1.21. The Morgan fingerprint density at radius 3 is 2.65 bits per heavy atom. The Morgan fingerprint density at radius 2 is 2.10 bits per heavy atom. The van der Waals surface area contributed by atoms with E-state index in [9.17, 15) is 9.18 Å². The van der Waals surface area contributed by atoms with Gasteiger partial charge in [-0.2, -0.15) is 5.10 Å². The number of carboxylic acids is 1. The molecule has 0 fully saturated rings. The van der Waals surface area contributed by atoms with E-state index in [4.69, 9.17) is 10.8 Å². The molecule has 0 saturated heterocycles. The van der Waals surface area contributed by atoms with Crippen LogP contribution in [0, 0.1) is 5.82 Å². The third-order valence-corrected chi connectivity index (χ3v) is 2.93. The summed E-state index contributed by atoms with van der Waals surface area (Å²) in [6.45, 7) is 3.76. The Kier molecular flexibility index (Phi) is 3.69. The number of anilines is 1. The maximum atomic E-state index is 14.0. The van der Waals surface area contributed by atoms with Gasteiger partial charge in [0.15, 0.2) is 11.6 Å². The van der Waals surface area contributed by atoms with Crippen LogP contribution in [0.1, 0.15) is 35.9 Å². The van der Waals surface area contributed by atoms with Crippen molar-refractivity contribution in [2.24, 2.45) is 0 Å². The van der Waals surface area contributed by atoms with Gasteiger partial charge in [0.2, 0.25) is 0 Å². The molecule has 0 atom stereocenters. The van der Waals surface area contributed by atoms with E-state index in [-0.39, 0.29) is 16.9 Å². The van der Waals surface area contributed by atoms with E-state index in [0.29, 0.717) is 24.5 Å². The number of benzene rings is 1. The number of hydrogen-bond donors (Lipinski definition) is 2. The molecule has 1 heterocycles. The molecule has 6 nitrogen and oxygen atoms in total. The Balaban J connectivity index is 2.65. The van der Waals surface area contributed by atoms with Crippen LogP contribution in [-0.2, 0) is 12.8 Å². The highest BCUT2D eigenvalue weighted by molar-refractivity contribution is 5.94. The number of halogens is 1. The SMILES string of the molecule is CCc1nc(CC)n(-c2cc(C(=O)O)c(N)cc2F)n1. The Labute approximate surface area is 115 Å². The predicted molar refractivity (Wildman–Crippen MR) is 71.4 cm³/mol. The molecule has 0 aliphatic rings. The maximum Gasteiger partial charge on any atom is 0.337 e. The molecule has 3 N–H and O–H groups in total. The van der Waals surface area contributed by atoms with Gasteiger partial charge >= 0.3 is 5.97 Å². The first-order chi connectivity index (χ1) is 9.47. The summed E-state index contributed by atoms with van der Waals surface area (Å²) < 4.78 is 15.4. The molecule has 106 valence electrons. The molecular formula is C13H15FN4O2. The lowest BCUT2D eigenvalue weighted by atomic mass is 10.1. The van der Waals surface area contributed by atoms with Crippen molar-refractivity contribution in [3.63, 3.8) is 0 Å². The third-order valence-electron chi connectivity index (χ3n) is 2.93. The predicted octanol–water partition coefficient (Wildman–Crippen LogP) is 1.81. The van der Waals surface area contributed by atoms with E-state index in [1.807, 2.05) is 13.8 Å². The van der Waals surface area contributed by atoms with Gasteiger partial charge in [-0.25, -0.2) is 18.9 Å². The third kappa shape index (κ3) is 2.34. The molecule has 0 bridgehead atoms. The molecule has 0 aliphatic carbocycles. The summed E-state index contributed by atoms with van der Waals surface area (Å²) in [6.07, 6.45) is 1.17. The lowest BCUT2D eigenvalue weighted by molar-refractivity contribution is 0.0698. The van der Waals surface area contributed by atoms with Gasteiger partial charge in [0.25, 0.3) is 0 Å². The summed E-state index contributed by atoms with van der Waals surface area (Å²) in [5.74, 6) is -0.691. The van der Waals surface area contributed by atoms with Gasteiger partial charge in [0.05, 0.1) is 5.56 Å². The summed E-state index contributed by atoms with van der Waals surface area (Å²) in [7, 11) is 0. The average Bonchev–Trinajstić information content (AvgIpc) is 2.81. The Bertz CT molecular complexity index is 667. The highest BCUT2D eigenvalue weighted by Gasteiger charge is 2.18. The molecular weight excluding hydrogens is 263 g/mol. The molecule has 0 aliphatic heterocycles. The van der Waals surface area contributed by atoms with Gasteiger partial charge in [-0.05, 0) is 12.1 Å². The van der Waals surface area contributed by atoms with E-state index >= 15 is 0 Å². The Morgan fingerprint density at radius 1 is 1.40 bits per heavy atom. The van der Waals surface area contributed by atoms with Gasteiger partial charge < -0.3 is 10.8 Å². The van der Waals surface area contributed by atoms with Crippen LogP contribution in [0.5, 0.6) is 0 Å². The van der Waals surface area contributed by atoms with E-state index in [2.05, 4.69) is 10.1 Å². The molecule has 7 heteroatoms. The minimum Gasteiger partial charge on any atom is -0.478 e. The quantitative estimate of drug-likeness (QED) is 0.832. The number of hydrogen-bond acceptors (Lipinski definition) is 4. The monoisotopic (exact) mass is 278 g/mol. The van der Waals surface area contributed by atoms with Crippen molar-refractivity contribution in [3.8, 4) is 5.69 Å². The number of nitrogens with zero attached hydrogens (tertiary/aromatic N) is 3. The van der Waals surface area contributed by atoms with Crippen LogP contribution in [0.15, 0.2) is 12.1 Å². The van der Waals surface area contributed by atoms with Gasteiger partial charge in [-0.15, -0.1) is 0 Å². The van der Waals surface area contributed by atoms with Crippen molar-refractivity contribution in [1.82, 2.24) is 14.8 Å². The van der Waals surface area contributed by atoms with Crippen molar-refractivity contribution in [1.29, 1.82) is 0 Å². The topological polar surface area (TPSA) is 94.0 Å². The van der Waals surface area contributed by atoms with Crippen LogP contribution >= 0.6 is 0 Å². The molecule has 0 unspecified atom stereocenters. The summed E-state index contributed by atoms with van der Waals surface area (Å²) in [5.41, 5.74) is 5.27. The summed E-state index contributed by atoms with van der Waals surface area (Å²) in [4.78, 5) is 15.4. The number of nitrogens with two attached hydrogens (primary N) is 1. The molecule has 2 aromatic rings. The summed E-state index contributed by atoms with van der Waals surface area (Å²) in [5, 5.41) is 13.3. The standard InChI is InChI=1S/C13H15FN4O2/c1-3-11-16-12(4-2)18(17-11)10-5-7(13(19)20)9(15)6-8(10)14/h5-6H,3-4,15H2,1-2H3,(H,19,20). The normalized spacial score (nSPS) is 10.8. The number of carbonyl (C=O) groups is 1. The first-order valence-corrected chi connectivity index (χ1v) is 6.25. The average molecular weight is 278 g/mol. The van der Waals surface area contributed by atoms with Gasteiger partial charge in [0.1, 0.15) is 11.5 Å². The Hall–Kier alpha value is -2.44. The van der Waals surface area contributed by atoms with Crippen LogP contribution in [-0.4, -0.2) is 25.8 Å². The van der Waals surface area contributed by atoms with E-state index in [0.717, 1.165) is 6.07 Å². The largest absolute Gasteiger partial charge is 0.478 e. The lowest BCUT2D eigenvalue weighted by Crippen LogP contribution is -2.09. The van der Waals surface area contributed by atoms with Crippen LogP contribution in [0.3, 0.4) is 0 Å². The van der Waals surface area contributed by atoms with Crippen LogP contribution in [0.2, 0.25) is 0 Å². The van der Waals surface area contributed by atoms with E-state index in [1.165, 1.54) is 10.7 Å². The van der Waals surface area contributed by atoms with E-state index < -0.39 is 11.8 Å². The number of aromatic carboxylic acids is 1. The number of rotatable bonds is 4. The second-order valence-corrected chi connectivity index (χ2v) is 4.26. The zero-order valence-electron chi connectivity index (χ0n) is 11.2. The highest BCUT2D eigenvalue weighted by atomic mass is 19.1. The zero-order chi connectivity index (χ0) is 14.9. The zero-order valence-corrected chi connectivity index (χ0v) is 11.2. The van der Waals surface area contributed by atoms with Gasteiger partial charge in [0, 0.05) is 18.5 Å². The first kappa shape index (κ1) is 14.0. The molecule has 1 aromatic heterocycles. The van der Waals surface area contributed by atoms with Gasteiger partial charge in [-0.1, -0.05) is 13.8 Å². The number of aryl methyl sites for hydroxylation is 2. The number of aromatic nitrogens is 3. The fourth-order valence-corrected chi connectivity index (χ4v) is 1.89. The summed E-state index contributed by atoms with van der Waals surface area (Å²) in [6, 6.07) is 2.17. The smallest absolute Gasteiger partial charge is 0.337 e. The lowest BCUT2D eigenvalue weighted by Gasteiger charge is -2.09. The molecule has 0 saturated carbocycles. The summed E-state index contributed by atoms with van der Waals surface area (Å²) >= 11 is 0. The van der Waals surface area contributed by atoms with Crippen molar-refractivity contribution in [2.75, 3.05) is 5.73 Å². The van der Waals surface area contributed by atoms with Crippen LogP contribution in [0.4, 0.5) is 10.1 Å². The molecule has 1 aromatic carbocycles. The second-order valence-electron chi connectivity index (χ2n) is 4.26. The molecule has 2 rings (SSSR count). The van der Waals surface area contributed by atoms with Gasteiger partial charge in [-0.3, -0.25) is 0 Å². The molecule has 0 spiro atoms. The number of nitrogen functional groups attached to an aromatic ring is 1. The van der Waals surface area contributed by atoms with Crippen LogP contribution in [0.25, 0.3) is 5.69 Å². The molecule has 0 radical (unpaired) electrons. The second kappa shape index (κ2) is 5.28. The van der Waals surface area contributed by atoms with Crippen molar-refractivity contribution < 1.29 is 14.3 Å². The minimum absolute atomic E-state index is 0.0423. The molecule has 20 heavy (non-hydrogen) atoms. The number of carboxylic acid groups (broad SMARTS) is 1. The molecule has 0 amide bonds. The van der Waals surface area contributed by atoms with Crippen LogP contribution < -0.4 is 5.73 Å². The maximum absolute atomic E-state index is 14.0. The first-order valence-electron chi connectivity index (χ1n) is 6.25. The van der Waals surface area contributed by atoms with Crippen molar-refractivity contribution >= 4 is 11.7 Å². The van der Waals surface area contributed by atoms with Crippen molar-refractivity contribution in [3.05, 3.63) is 35.2 Å². The fourth-order valence-electron chi connectivity index (χ4n) is 1.89. The van der Waals surface area contributed by atoms with Crippen molar-refractivity contribution in [2.45, 2.75) is 26.7 Å². The highest BCUT2D eigenvalue weighted by Crippen LogP contribution is 2.22. The van der Waals surface area contributed by atoms with E-state index in [1.54, 1.807) is 0 Å². The fraction of sp³-hybridized carbons (Fsp3) is 0.308.